The van der Waals surface area contributed by atoms with Crippen LogP contribution >= 0.6 is 34.8 Å². The quantitative estimate of drug-likeness (QED) is 0.746. The Hall–Kier alpha value is -1.42. The van der Waals surface area contributed by atoms with Crippen molar-refractivity contribution in [3.63, 3.8) is 0 Å². The molecule has 1 fully saturated rings. The van der Waals surface area contributed by atoms with E-state index in [1.54, 1.807) is 13.0 Å². The summed E-state index contributed by atoms with van der Waals surface area (Å²) in [5.41, 5.74) is 0.880. The van der Waals surface area contributed by atoms with E-state index in [-0.39, 0.29) is 38.7 Å². The van der Waals surface area contributed by atoms with Crippen molar-refractivity contribution in [2.45, 2.75) is 11.8 Å². The standard InChI is InChI=1S/C17H16Cl3N3O4S/c1-10-2-3-11(28(25,26)23-4-6-27-7-5-23)8-13(10)22-17(24)16-15(20)14(19)12(18)9-21-16/h2-3,8-9H,4-7H2,1H3,(H,22,24). The van der Waals surface area contributed by atoms with E-state index in [9.17, 15) is 13.2 Å². The molecular weight excluding hydrogens is 449 g/mol. The van der Waals surface area contributed by atoms with Crippen LogP contribution < -0.4 is 5.32 Å². The van der Waals surface area contributed by atoms with Crippen LogP contribution in [0.5, 0.6) is 0 Å². The number of carbonyl (C=O) groups is 1. The molecule has 1 aromatic heterocycles. The third-order valence-electron chi connectivity index (χ3n) is 4.20. The molecule has 11 heteroatoms. The van der Waals surface area contributed by atoms with Crippen molar-refractivity contribution in [1.82, 2.24) is 9.29 Å². The Labute approximate surface area is 177 Å². The minimum atomic E-state index is -3.70. The van der Waals surface area contributed by atoms with Gasteiger partial charge in [-0.2, -0.15) is 4.31 Å². The summed E-state index contributed by atoms with van der Waals surface area (Å²) < 4.78 is 32.2. The second-order valence-electron chi connectivity index (χ2n) is 6.03. The summed E-state index contributed by atoms with van der Waals surface area (Å²) in [6.45, 7) is 2.98. The molecule has 0 radical (unpaired) electrons. The van der Waals surface area contributed by atoms with E-state index in [2.05, 4.69) is 10.3 Å². The number of rotatable bonds is 4. The smallest absolute Gasteiger partial charge is 0.275 e. The van der Waals surface area contributed by atoms with E-state index < -0.39 is 15.9 Å². The molecule has 0 saturated carbocycles. The van der Waals surface area contributed by atoms with Gasteiger partial charge in [0, 0.05) is 25.0 Å². The average Bonchev–Trinajstić information content (AvgIpc) is 2.68. The number of benzene rings is 1. The Morgan fingerprint density at radius 2 is 1.86 bits per heavy atom. The lowest BCUT2D eigenvalue weighted by Gasteiger charge is -2.26. The Morgan fingerprint density at radius 1 is 1.18 bits per heavy atom. The molecular formula is C17H16Cl3N3O4S. The van der Waals surface area contributed by atoms with E-state index in [1.807, 2.05) is 0 Å². The van der Waals surface area contributed by atoms with Crippen molar-refractivity contribution >= 4 is 56.4 Å². The molecule has 0 unspecified atom stereocenters. The Kier molecular flexibility index (Phi) is 6.48. The van der Waals surface area contributed by atoms with Crippen LogP contribution in [0.4, 0.5) is 5.69 Å². The summed E-state index contributed by atoms with van der Waals surface area (Å²) >= 11 is 17.8. The van der Waals surface area contributed by atoms with Crippen LogP contribution in [-0.2, 0) is 14.8 Å². The van der Waals surface area contributed by atoms with Gasteiger partial charge in [-0.15, -0.1) is 0 Å². The van der Waals surface area contributed by atoms with Gasteiger partial charge < -0.3 is 10.1 Å². The van der Waals surface area contributed by atoms with Crippen molar-refractivity contribution in [2.24, 2.45) is 0 Å². The van der Waals surface area contributed by atoms with Gasteiger partial charge in [-0.05, 0) is 24.6 Å². The lowest BCUT2D eigenvalue weighted by Crippen LogP contribution is -2.40. The summed E-state index contributed by atoms with van der Waals surface area (Å²) in [6.07, 6.45) is 1.22. The van der Waals surface area contributed by atoms with Crippen LogP contribution in [0, 0.1) is 6.92 Å². The number of aromatic nitrogens is 1. The molecule has 1 aliphatic rings. The normalized spacial score (nSPS) is 15.4. The molecule has 28 heavy (non-hydrogen) atoms. The summed E-state index contributed by atoms with van der Waals surface area (Å²) in [5, 5.41) is 2.69. The number of halogens is 3. The number of aryl methyl sites for hydroxylation is 1. The molecule has 1 aromatic carbocycles. The molecule has 0 spiro atoms. The predicted octanol–water partition coefficient (Wildman–Crippen LogP) is 3.62. The van der Waals surface area contributed by atoms with Crippen molar-refractivity contribution < 1.29 is 17.9 Å². The third-order valence-corrected chi connectivity index (χ3v) is 7.33. The second kappa shape index (κ2) is 8.52. The number of morpholine rings is 1. The van der Waals surface area contributed by atoms with Crippen molar-refractivity contribution in [2.75, 3.05) is 31.6 Å². The number of hydrogen-bond donors (Lipinski definition) is 1. The molecule has 150 valence electrons. The van der Waals surface area contributed by atoms with Crippen LogP contribution in [0.15, 0.2) is 29.3 Å². The first-order valence-corrected chi connectivity index (χ1v) is 10.8. The summed E-state index contributed by atoms with van der Waals surface area (Å²) in [4.78, 5) is 16.6. The highest BCUT2D eigenvalue weighted by Crippen LogP contribution is 2.32. The first-order chi connectivity index (χ1) is 13.2. The van der Waals surface area contributed by atoms with Gasteiger partial charge in [-0.25, -0.2) is 13.4 Å². The molecule has 7 nitrogen and oxygen atoms in total. The molecule has 0 aliphatic carbocycles. The molecule has 2 aromatic rings. The van der Waals surface area contributed by atoms with E-state index in [0.29, 0.717) is 24.5 Å². The van der Waals surface area contributed by atoms with E-state index in [1.165, 1.54) is 22.6 Å². The number of carbonyl (C=O) groups excluding carboxylic acids is 1. The molecule has 1 N–H and O–H groups in total. The molecule has 1 aliphatic heterocycles. The fourth-order valence-corrected chi connectivity index (χ4v) is 4.62. The lowest BCUT2D eigenvalue weighted by atomic mass is 10.2. The monoisotopic (exact) mass is 463 g/mol. The number of hydrogen-bond acceptors (Lipinski definition) is 5. The van der Waals surface area contributed by atoms with Crippen LogP contribution in [-0.4, -0.2) is 49.9 Å². The van der Waals surface area contributed by atoms with Crippen molar-refractivity contribution in [1.29, 1.82) is 0 Å². The Bertz CT molecular complexity index is 1020. The van der Waals surface area contributed by atoms with Crippen molar-refractivity contribution in [3.05, 3.63) is 50.7 Å². The maximum absolute atomic E-state index is 12.8. The minimum absolute atomic E-state index is 0.0175. The third kappa shape index (κ3) is 4.27. The Morgan fingerprint density at radius 3 is 2.54 bits per heavy atom. The van der Waals surface area contributed by atoms with Gasteiger partial charge in [0.15, 0.2) is 0 Å². The number of anilines is 1. The predicted molar refractivity (Wildman–Crippen MR) is 108 cm³/mol. The first kappa shape index (κ1) is 21.3. The van der Waals surface area contributed by atoms with Gasteiger partial charge in [-0.1, -0.05) is 40.9 Å². The minimum Gasteiger partial charge on any atom is -0.379 e. The number of ether oxygens (including phenoxy) is 1. The number of pyridine rings is 1. The van der Waals surface area contributed by atoms with Crippen molar-refractivity contribution in [3.8, 4) is 0 Å². The maximum atomic E-state index is 12.8. The lowest BCUT2D eigenvalue weighted by molar-refractivity contribution is 0.0730. The molecule has 1 amide bonds. The highest BCUT2D eigenvalue weighted by atomic mass is 35.5. The fraction of sp³-hybridized carbons (Fsp3) is 0.294. The number of sulfonamides is 1. The van der Waals surface area contributed by atoms with Gasteiger partial charge in [-0.3, -0.25) is 4.79 Å². The molecule has 3 rings (SSSR count). The summed E-state index contributed by atoms with van der Waals surface area (Å²) in [6, 6.07) is 4.52. The van der Waals surface area contributed by atoms with Crippen LogP contribution in [0.3, 0.4) is 0 Å². The number of nitrogens with one attached hydrogen (secondary N) is 1. The summed E-state index contributed by atoms with van der Waals surface area (Å²) in [7, 11) is -3.70. The summed E-state index contributed by atoms with van der Waals surface area (Å²) in [5.74, 6) is -0.632. The first-order valence-electron chi connectivity index (χ1n) is 8.21. The fourth-order valence-electron chi connectivity index (χ4n) is 2.62. The number of nitrogens with zero attached hydrogens (tertiary/aromatic N) is 2. The highest BCUT2D eigenvalue weighted by molar-refractivity contribution is 7.89. The molecule has 0 atom stereocenters. The van der Waals surface area contributed by atoms with E-state index >= 15 is 0 Å². The van der Waals surface area contributed by atoms with E-state index in [4.69, 9.17) is 39.5 Å². The average molecular weight is 465 g/mol. The van der Waals surface area contributed by atoms with Crippen LogP contribution in [0.25, 0.3) is 0 Å². The molecule has 1 saturated heterocycles. The zero-order chi connectivity index (χ0) is 20.5. The van der Waals surface area contributed by atoms with Crippen LogP contribution in [0.1, 0.15) is 16.1 Å². The number of amides is 1. The molecule has 0 bridgehead atoms. The topological polar surface area (TPSA) is 88.6 Å². The maximum Gasteiger partial charge on any atom is 0.275 e. The van der Waals surface area contributed by atoms with Crippen LogP contribution in [0.2, 0.25) is 15.1 Å². The zero-order valence-electron chi connectivity index (χ0n) is 14.7. The second-order valence-corrected chi connectivity index (χ2v) is 9.13. The highest BCUT2D eigenvalue weighted by Gasteiger charge is 2.27. The van der Waals surface area contributed by atoms with Gasteiger partial charge in [0.05, 0.1) is 33.2 Å². The van der Waals surface area contributed by atoms with Gasteiger partial charge in [0.1, 0.15) is 5.69 Å². The largest absolute Gasteiger partial charge is 0.379 e. The molecule has 2 heterocycles. The zero-order valence-corrected chi connectivity index (χ0v) is 17.8. The van der Waals surface area contributed by atoms with Gasteiger partial charge >= 0.3 is 0 Å². The van der Waals surface area contributed by atoms with Gasteiger partial charge in [0.2, 0.25) is 10.0 Å². The SMILES string of the molecule is Cc1ccc(S(=O)(=O)N2CCOCC2)cc1NC(=O)c1ncc(Cl)c(Cl)c1Cl. The Balaban J connectivity index is 1.90. The van der Waals surface area contributed by atoms with Gasteiger partial charge in [0.25, 0.3) is 5.91 Å². The van der Waals surface area contributed by atoms with E-state index in [0.717, 1.165) is 0 Å².